The number of halogens is 4. The average Bonchev–Trinajstić information content (AvgIpc) is 2.29. The third-order valence-corrected chi connectivity index (χ3v) is 3.28. The molecule has 2 aromatic rings. The van der Waals surface area contributed by atoms with Gasteiger partial charge in [-0.2, -0.15) is 0 Å². The molecule has 0 atom stereocenters. The van der Waals surface area contributed by atoms with Crippen molar-refractivity contribution in [1.82, 2.24) is 0 Å². The molecule has 2 rings (SSSR count). The molecule has 0 aromatic heterocycles. The van der Waals surface area contributed by atoms with Gasteiger partial charge in [-0.05, 0) is 29.3 Å². The maximum Gasteiger partial charge on any atom is 0.265 e. The quantitative estimate of drug-likeness (QED) is 0.666. The lowest BCUT2D eigenvalue weighted by molar-refractivity contribution is 0.152. The fourth-order valence-electron chi connectivity index (χ4n) is 1.64. The maximum absolute atomic E-state index is 13.0. The van der Waals surface area contributed by atoms with Crippen molar-refractivity contribution in [2.75, 3.05) is 0 Å². The summed E-state index contributed by atoms with van der Waals surface area (Å²) in [7, 11) is 0. The summed E-state index contributed by atoms with van der Waals surface area (Å²) in [5.41, 5.74) is 1.09. The van der Waals surface area contributed by atoms with Crippen LogP contribution < -0.4 is 0 Å². The molecule has 0 heterocycles. The Morgan fingerprint density at radius 2 is 1.65 bits per heavy atom. The molecule has 0 N–H and O–H groups in total. The molecule has 0 aliphatic carbocycles. The number of rotatable bonds is 2. The monoisotopic (exact) mass is 316 g/mol. The molecule has 0 fully saturated rings. The molecule has 0 saturated heterocycles. The highest BCUT2D eigenvalue weighted by Crippen LogP contribution is 2.36. The second-order valence-corrected chi connectivity index (χ2v) is 4.83. The summed E-state index contributed by atoms with van der Waals surface area (Å²) in [5, 5.41) is 0.0976. The second kappa shape index (κ2) is 5.15. The van der Waals surface area contributed by atoms with Crippen LogP contribution in [-0.4, -0.2) is 0 Å². The molecule has 0 bridgehead atoms. The van der Waals surface area contributed by atoms with E-state index in [4.69, 9.17) is 11.6 Å². The first-order valence-electron chi connectivity index (χ1n) is 4.92. The van der Waals surface area contributed by atoms with E-state index in [2.05, 4.69) is 15.9 Å². The zero-order valence-corrected chi connectivity index (χ0v) is 11.0. The van der Waals surface area contributed by atoms with Crippen LogP contribution in [0.15, 0.2) is 46.9 Å². The van der Waals surface area contributed by atoms with Crippen LogP contribution in [0.3, 0.4) is 0 Å². The lowest BCUT2D eigenvalue weighted by atomic mass is 10.00. The van der Waals surface area contributed by atoms with Crippen LogP contribution in [-0.2, 0) is 0 Å². The van der Waals surface area contributed by atoms with Crippen molar-refractivity contribution in [1.29, 1.82) is 0 Å². The van der Waals surface area contributed by atoms with Crippen molar-refractivity contribution in [3.05, 3.63) is 57.5 Å². The van der Waals surface area contributed by atoms with Crippen LogP contribution in [0.4, 0.5) is 8.78 Å². The first kappa shape index (κ1) is 12.5. The van der Waals surface area contributed by atoms with Crippen LogP contribution >= 0.6 is 27.5 Å². The Balaban J connectivity index is 2.59. The lowest BCUT2D eigenvalue weighted by Gasteiger charge is -2.10. The minimum Gasteiger partial charge on any atom is -0.205 e. The fraction of sp³-hybridized carbons (Fsp3) is 0.0769. The SMILES string of the molecule is FC(F)c1c(Cl)cccc1-c1ccc(Br)cc1. The van der Waals surface area contributed by atoms with Crippen LogP contribution in [0, 0.1) is 0 Å². The van der Waals surface area contributed by atoms with Gasteiger partial charge in [0.25, 0.3) is 6.43 Å². The standard InChI is InChI=1S/C13H8BrClF2/c14-9-6-4-8(5-7-9)10-2-1-3-11(15)12(10)13(16)17/h1-7,13H. The predicted molar refractivity (Wildman–Crippen MR) is 69.5 cm³/mol. The molecule has 0 unspecified atom stereocenters. The van der Waals surface area contributed by atoms with Crippen molar-refractivity contribution in [2.45, 2.75) is 6.43 Å². The summed E-state index contributed by atoms with van der Waals surface area (Å²) in [6.07, 6.45) is -2.58. The molecule has 0 aliphatic heterocycles. The third-order valence-electron chi connectivity index (χ3n) is 2.43. The van der Waals surface area contributed by atoms with E-state index in [0.717, 1.165) is 10.0 Å². The molecule has 0 amide bonds. The molecule has 2 aromatic carbocycles. The van der Waals surface area contributed by atoms with Gasteiger partial charge in [-0.25, -0.2) is 8.78 Å². The van der Waals surface area contributed by atoms with Crippen molar-refractivity contribution < 1.29 is 8.78 Å². The Labute approximate surface area is 111 Å². The van der Waals surface area contributed by atoms with E-state index in [-0.39, 0.29) is 10.6 Å². The molecule has 0 nitrogen and oxygen atoms in total. The zero-order chi connectivity index (χ0) is 12.4. The Bertz CT molecular complexity index is 523. The van der Waals surface area contributed by atoms with E-state index >= 15 is 0 Å². The van der Waals surface area contributed by atoms with Gasteiger partial charge in [0.1, 0.15) is 0 Å². The molecular weight excluding hydrogens is 309 g/mol. The van der Waals surface area contributed by atoms with Crippen molar-refractivity contribution in [2.24, 2.45) is 0 Å². The van der Waals surface area contributed by atoms with E-state index in [0.29, 0.717) is 5.56 Å². The molecular formula is C13H8BrClF2. The highest BCUT2D eigenvalue weighted by atomic mass is 79.9. The number of hydrogen-bond acceptors (Lipinski definition) is 0. The first-order chi connectivity index (χ1) is 8.09. The van der Waals surface area contributed by atoms with E-state index in [1.165, 1.54) is 6.07 Å². The largest absolute Gasteiger partial charge is 0.265 e. The molecule has 17 heavy (non-hydrogen) atoms. The summed E-state index contributed by atoms with van der Waals surface area (Å²) >= 11 is 9.12. The van der Waals surface area contributed by atoms with E-state index < -0.39 is 6.43 Å². The molecule has 0 spiro atoms. The summed E-state index contributed by atoms with van der Waals surface area (Å²) in [6.45, 7) is 0. The Kier molecular flexibility index (Phi) is 3.79. The van der Waals surface area contributed by atoms with Crippen molar-refractivity contribution >= 4 is 27.5 Å². The Morgan fingerprint density at radius 3 is 2.24 bits per heavy atom. The molecule has 88 valence electrons. The third kappa shape index (κ3) is 2.67. The van der Waals surface area contributed by atoms with Gasteiger partial charge in [0.15, 0.2) is 0 Å². The van der Waals surface area contributed by atoms with Gasteiger partial charge in [0, 0.05) is 10.0 Å². The molecule has 0 aliphatic rings. The first-order valence-corrected chi connectivity index (χ1v) is 6.09. The Hall–Kier alpha value is -0.930. The van der Waals surface area contributed by atoms with Gasteiger partial charge in [-0.15, -0.1) is 0 Å². The van der Waals surface area contributed by atoms with Gasteiger partial charge in [0.2, 0.25) is 0 Å². The molecule has 4 heteroatoms. The Morgan fingerprint density at radius 1 is 1.00 bits per heavy atom. The fourth-order valence-corrected chi connectivity index (χ4v) is 2.16. The minimum atomic E-state index is -2.58. The molecule has 0 radical (unpaired) electrons. The van der Waals surface area contributed by atoms with Crippen molar-refractivity contribution in [3.8, 4) is 11.1 Å². The van der Waals surface area contributed by atoms with Gasteiger partial charge >= 0.3 is 0 Å². The predicted octanol–water partition coefficient (Wildman–Crippen LogP) is 5.71. The summed E-state index contributed by atoms with van der Waals surface area (Å²) in [6, 6.07) is 12.0. The summed E-state index contributed by atoms with van der Waals surface area (Å²) in [4.78, 5) is 0. The second-order valence-electron chi connectivity index (χ2n) is 3.51. The zero-order valence-electron chi connectivity index (χ0n) is 8.63. The minimum absolute atomic E-state index is 0.0976. The number of benzene rings is 2. The summed E-state index contributed by atoms with van der Waals surface area (Å²) in [5.74, 6) is 0. The topological polar surface area (TPSA) is 0 Å². The maximum atomic E-state index is 13.0. The average molecular weight is 318 g/mol. The van der Waals surface area contributed by atoms with Crippen LogP contribution in [0.5, 0.6) is 0 Å². The van der Waals surface area contributed by atoms with Gasteiger partial charge < -0.3 is 0 Å². The highest BCUT2D eigenvalue weighted by Gasteiger charge is 2.17. The summed E-state index contributed by atoms with van der Waals surface area (Å²) < 4.78 is 26.8. The molecule has 0 saturated carbocycles. The van der Waals surface area contributed by atoms with Crippen LogP contribution in [0.1, 0.15) is 12.0 Å². The number of alkyl halides is 2. The van der Waals surface area contributed by atoms with Gasteiger partial charge in [-0.1, -0.05) is 51.8 Å². The van der Waals surface area contributed by atoms with E-state index in [9.17, 15) is 8.78 Å². The normalized spacial score (nSPS) is 10.9. The highest BCUT2D eigenvalue weighted by molar-refractivity contribution is 9.10. The smallest absolute Gasteiger partial charge is 0.205 e. The van der Waals surface area contributed by atoms with E-state index in [1.54, 1.807) is 24.3 Å². The van der Waals surface area contributed by atoms with Gasteiger partial charge in [-0.3, -0.25) is 0 Å². The van der Waals surface area contributed by atoms with Crippen LogP contribution in [0.2, 0.25) is 5.02 Å². The van der Waals surface area contributed by atoms with E-state index in [1.807, 2.05) is 12.1 Å². The van der Waals surface area contributed by atoms with Gasteiger partial charge in [0.05, 0.1) is 5.02 Å². The van der Waals surface area contributed by atoms with Crippen LogP contribution in [0.25, 0.3) is 11.1 Å². The lowest BCUT2D eigenvalue weighted by Crippen LogP contribution is -1.91. The number of hydrogen-bond donors (Lipinski definition) is 0. The van der Waals surface area contributed by atoms with Crippen molar-refractivity contribution in [3.63, 3.8) is 0 Å².